The molecule has 0 aliphatic heterocycles. The first-order valence-corrected chi connectivity index (χ1v) is 22.9. The van der Waals surface area contributed by atoms with E-state index < -0.39 is 10.8 Å². The van der Waals surface area contributed by atoms with Crippen molar-refractivity contribution in [3.05, 3.63) is 287 Å². The van der Waals surface area contributed by atoms with Gasteiger partial charge in [-0.25, -0.2) is 9.97 Å². The molecule has 3 aliphatic carbocycles. The lowest BCUT2D eigenvalue weighted by molar-refractivity contribution is 0.633. The summed E-state index contributed by atoms with van der Waals surface area (Å²) in [5, 5.41) is 2.36. The third-order valence-electron chi connectivity index (χ3n) is 14.8. The highest BCUT2D eigenvalue weighted by Crippen LogP contribution is 2.67. The summed E-state index contributed by atoms with van der Waals surface area (Å²) >= 11 is 0. The van der Waals surface area contributed by atoms with Gasteiger partial charge in [-0.2, -0.15) is 0 Å². The summed E-state index contributed by atoms with van der Waals surface area (Å²) in [4.78, 5) is 10.6. The van der Waals surface area contributed by atoms with Crippen molar-refractivity contribution in [1.29, 1.82) is 0 Å². The van der Waals surface area contributed by atoms with E-state index in [1.165, 1.54) is 77.5 Å². The minimum absolute atomic E-state index is 0.478. The van der Waals surface area contributed by atoms with Crippen LogP contribution in [0.3, 0.4) is 0 Å². The largest absolute Gasteiger partial charge is 0.228 e. The second-order valence-corrected chi connectivity index (χ2v) is 17.9. The van der Waals surface area contributed by atoms with E-state index in [4.69, 9.17) is 9.97 Å². The summed E-state index contributed by atoms with van der Waals surface area (Å²) in [6.07, 6.45) is 0. The lowest BCUT2D eigenvalue weighted by Gasteiger charge is -2.48. The van der Waals surface area contributed by atoms with E-state index in [0.29, 0.717) is 5.82 Å². The summed E-state index contributed by atoms with van der Waals surface area (Å²) in [6, 6.07) is 89.5. The van der Waals surface area contributed by atoms with Crippen LogP contribution in [-0.4, -0.2) is 9.97 Å². The molecule has 0 unspecified atom stereocenters. The highest BCUT2D eigenvalue weighted by Gasteiger charge is 2.58. The van der Waals surface area contributed by atoms with Crippen LogP contribution in [0, 0.1) is 0 Å². The van der Waals surface area contributed by atoms with Crippen molar-refractivity contribution in [3.63, 3.8) is 0 Å². The van der Waals surface area contributed by atoms with E-state index in [1.54, 1.807) is 0 Å². The predicted octanol–water partition coefficient (Wildman–Crippen LogP) is 15.3. The van der Waals surface area contributed by atoms with Gasteiger partial charge in [0.15, 0.2) is 5.82 Å². The molecule has 0 fully saturated rings. The first-order chi connectivity index (χ1) is 32.7. The average Bonchev–Trinajstić information content (AvgIpc) is 3.86. The summed E-state index contributed by atoms with van der Waals surface area (Å²) in [5.74, 6) is 0.698. The molecule has 0 N–H and O–H groups in total. The van der Waals surface area contributed by atoms with Crippen LogP contribution in [0.25, 0.3) is 78.1 Å². The molecule has 0 atom stereocenters. The highest BCUT2D eigenvalue weighted by molar-refractivity contribution is 5.97. The van der Waals surface area contributed by atoms with Crippen molar-refractivity contribution < 1.29 is 0 Å². The van der Waals surface area contributed by atoms with Crippen LogP contribution < -0.4 is 0 Å². The minimum Gasteiger partial charge on any atom is -0.228 e. The molecule has 0 amide bonds. The zero-order valence-corrected chi connectivity index (χ0v) is 36.0. The Morgan fingerprint density at radius 3 is 1.30 bits per heavy atom. The molecule has 306 valence electrons. The maximum atomic E-state index is 5.34. The zero-order valence-electron chi connectivity index (χ0n) is 36.0. The topological polar surface area (TPSA) is 25.8 Å². The van der Waals surface area contributed by atoms with Crippen LogP contribution >= 0.6 is 0 Å². The lowest BCUT2D eigenvalue weighted by atomic mass is 9.52. The standard InChI is InChI=1S/C64H40N2/c1-2-19-42(20-3-1)60-40-61(51-28-17-21-41-18-4-5-24-46(41)51)66-62(65-60)45-23-16-22-43(38-45)44-36-37-50-49-27-8-11-31-54(49)64(59(50)39-44)57-34-14-12-32-55(57)63(56-33-13-15-35-58(56)64)52-29-9-6-25-47(52)48-26-7-10-30-53(48)63/h1-40H. The molecule has 0 bridgehead atoms. The second kappa shape index (κ2) is 14.0. The number of hydrogen-bond acceptors (Lipinski definition) is 2. The van der Waals surface area contributed by atoms with Gasteiger partial charge in [-0.15, -0.1) is 0 Å². The molecule has 1 heterocycles. The van der Waals surface area contributed by atoms with E-state index in [-0.39, 0.29) is 0 Å². The molecule has 3 aliphatic rings. The molecule has 0 saturated heterocycles. The van der Waals surface area contributed by atoms with Crippen LogP contribution in [-0.2, 0) is 10.8 Å². The number of benzene rings is 10. The maximum absolute atomic E-state index is 5.34. The van der Waals surface area contributed by atoms with Crippen LogP contribution in [0.5, 0.6) is 0 Å². The lowest BCUT2D eigenvalue weighted by Crippen LogP contribution is -2.43. The highest BCUT2D eigenvalue weighted by atomic mass is 14.9. The van der Waals surface area contributed by atoms with E-state index >= 15 is 0 Å². The van der Waals surface area contributed by atoms with Crippen molar-refractivity contribution in [2.24, 2.45) is 0 Å². The number of nitrogens with zero attached hydrogens (tertiary/aromatic N) is 2. The Hall–Kier alpha value is -8.46. The van der Waals surface area contributed by atoms with Gasteiger partial charge in [0, 0.05) is 16.7 Å². The van der Waals surface area contributed by atoms with E-state index in [2.05, 4.69) is 243 Å². The molecule has 2 spiro atoms. The summed E-state index contributed by atoms with van der Waals surface area (Å²) in [7, 11) is 0. The molecule has 0 saturated carbocycles. The average molecular weight is 837 g/mol. The summed E-state index contributed by atoms with van der Waals surface area (Å²) in [5.41, 5.74) is 22.0. The zero-order chi connectivity index (χ0) is 43.4. The van der Waals surface area contributed by atoms with Crippen LogP contribution in [0.15, 0.2) is 243 Å². The maximum Gasteiger partial charge on any atom is 0.160 e. The van der Waals surface area contributed by atoms with Crippen molar-refractivity contribution in [1.82, 2.24) is 9.97 Å². The molecular weight excluding hydrogens is 797 g/mol. The fourth-order valence-electron chi connectivity index (χ4n) is 12.2. The number of fused-ring (bicyclic) bond motifs is 17. The van der Waals surface area contributed by atoms with E-state index in [1.807, 2.05) is 0 Å². The Labute approximate surface area is 384 Å². The minimum atomic E-state index is -0.565. The fourth-order valence-corrected chi connectivity index (χ4v) is 12.2. The molecule has 2 heteroatoms. The Bertz CT molecular complexity index is 3690. The Morgan fingerprint density at radius 2 is 0.667 bits per heavy atom. The van der Waals surface area contributed by atoms with Gasteiger partial charge < -0.3 is 0 Å². The monoisotopic (exact) mass is 836 g/mol. The van der Waals surface area contributed by atoms with Crippen molar-refractivity contribution in [3.8, 4) is 67.3 Å². The summed E-state index contributed by atoms with van der Waals surface area (Å²) < 4.78 is 0. The number of aromatic nitrogens is 2. The van der Waals surface area contributed by atoms with Crippen LogP contribution in [0.2, 0.25) is 0 Å². The SMILES string of the molecule is c1ccc(-c2cc(-c3cccc4ccccc34)nc(-c3cccc(-c4ccc5c(c4)C4(c6ccccc6-5)c5ccccc5C5(c6ccccc6-c6ccccc65)c5ccccc54)c3)n2)cc1. The number of rotatable bonds is 4. The first kappa shape index (κ1) is 37.0. The van der Waals surface area contributed by atoms with Gasteiger partial charge in [0.1, 0.15) is 0 Å². The van der Waals surface area contributed by atoms with Gasteiger partial charge in [0.05, 0.1) is 22.2 Å². The molecule has 66 heavy (non-hydrogen) atoms. The van der Waals surface area contributed by atoms with Crippen molar-refractivity contribution >= 4 is 10.8 Å². The molecular formula is C64H40N2. The first-order valence-electron chi connectivity index (χ1n) is 22.9. The molecule has 11 aromatic rings. The third kappa shape index (κ3) is 4.96. The quantitative estimate of drug-likeness (QED) is 0.176. The van der Waals surface area contributed by atoms with Gasteiger partial charge in [0.25, 0.3) is 0 Å². The van der Waals surface area contributed by atoms with E-state index in [9.17, 15) is 0 Å². The number of hydrogen-bond donors (Lipinski definition) is 0. The van der Waals surface area contributed by atoms with Gasteiger partial charge >= 0.3 is 0 Å². The van der Waals surface area contributed by atoms with Crippen molar-refractivity contribution in [2.75, 3.05) is 0 Å². The predicted molar refractivity (Wildman–Crippen MR) is 269 cm³/mol. The van der Waals surface area contributed by atoms with Crippen molar-refractivity contribution in [2.45, 2.75) is 10.8 Å². The molecule has 2 nitrogen and oxygen atoms in total. The fraction of sp³-hybridized carbons (Fsp3) is 0.0312. The molecule has 0 radical (unpaired) electrons. The Kier molecular flexibility index (Phi) is 7.85. The van der Waals surface area contributed by atoms with Gasteiger partial charge in [-0.05, 0) is 107 Å². The van der Waals surface area contributed by atoms with Gasteiger partial charge in [-0.1, -0.05) is 224 Å². The van der Waals surface area contributed by atoms with Crippen LogP contribution in [0.4, 0.5) is 0 Å². The van der Waals surface area contributed by atoms with E-state index in [0.717, 1.165) is 39.2 Å². The Balaban J connectivity index is 0.984. The molecule has 1 aromatic heterocycles. The van der Waals surface area contributed by atoms with Gasteiger partial charge in [0.2, 0.25) is 0 Å². The normalized spacial score (nSPS) is 14.0. The summed E-state index contributed by atoms with van der Waals surface area (Å²) in [6.45, 7) is 0. The molecule has 10 aromatic carbocycles. The Morgan fingerprint density at radius 1 is 0.242 bits per heavy atom. The third-order valence-corrected chi connectivity index (χ3v) is 14.8. The van der Waals surface area contributed by atoms with Gasteiger partial charge in [-0.3, -0.25) is 0 Å². The molecule has 14 rings (SSSR count). The van der Waals surface area contributed by atoms with Crippen LogP contribution in [0.1, 0.15) is 44.5 Å². The smallest absolute Gasteiger partial charge is 0.160 e. The second-order valence-electron chi connectivity index (χ2n) is 17.9.